The zero-order chi connectivity index (χ0) is 15.2. The van der Waals surface area contributed by atoms with E-state index < -0.39 is 5.97 Å². The summed E-state index contributed by atoms with van der Waals surface area (Å²) in [7, 11) is 0. The minimum Gasteiger partial charge on any atom is -0.478 e. The largest absolute Gasteiger partial charge is 0.478 e. The van der Waals surface area contributed by atoms with E-state index in [9.17, 15) is 4.79 Å². The first-order chi connectivity index (χ1) is 10.1. The number of carboxylic acids is 1. The number of nitrogens with zero attached hydrogens (tertiary/aromatic N) is 1. The third-order valence-corrected chi connectivity index (χ3v) is 5.41. The number of hydrogen-bond donors (Lipinski definition) is 1. The Morgan fingerprint density at radius 2 is 1.90 bits per heavy atom. The molecule has 1 aromatic carbocycles. The van der Waals surface area contributed by atoms with Crippen molar-refractivity contribution in [2.45, 2.75) is 9.92 Å². The summed E-state index contributed by atoms with van der Waals surface area (Å²) in [5, 5.41) is 11.0. The van der Waals surface area contributed by atoms with Crippen LogP contribution in [-0.4, -0.2) is 27.6 Å². The highest BCUT2D eigenvalue weighted by Crippen LogP contribution is 2.30. The summed E-state index contributed by atoms with van der Waals surface area (Å²) < 4.78 is 0. The molecular formula is C14H11Cl2NO2S2. The van der Waals surface area contributed by atoms with E-state index in [-0.39, 0.29) is 5.56 Å². The highest BCUT2D eigenvalue weighted by molar-refractivity contribution is 8.03. The Hall–Kier alpha value is -0.880. The van der Waals surface area contributed by atoms with E-state index in [0.717, 1.165) is 21.4 Å². The van der Waals surface area contributed by atoms with E-state index in [2.05, 4.69) is 4.98 Å². The van der Waals surface area contributed by atoms with Crippen LogP contribution in [0.3, 0.4) is 0 Å². The van der Waals surface area contributed by atoms with Gasteiger partial charge in [0.25, 0.3) is 0 Å². The van der Waals surface area contributed by atoms with E-state index in [1.165, 1.54) is 6.20 Å². The van der Waals surface area contributed by atoms with Crippen molar-refractivity contribution in [3.63, 3.8) is 0 Å². The van der Waals surface area contributed by atoms with E-state index in [1.54, 1.807) is 47.8 Å². The molecule has 0 saturated heterocycles. The third kappa shape index (κ3) is 5.11. The monoisotopic (exact) mass is 359 g/mol. The smallest absolute Gasteiger partial charge is 0.337 e. The standard InChI is InChI=1S/C14H11Cl2NO2S2/c15-10-2-3-11(16)12(7-10)20-5-6-21-13-4-1-9(8-17-13)14(18)19/h1-4,7-8H,5-6H2,(H,18,19). The maximum Gasteiger partial charge on any atom is 0.337 e. The number of carboxylic acid groups (broad SMARTS) is 1. The molecule has 2 rings (SSSR count). The molecule has 1 N–H and O–H groups in total. The molecule has 0 aliphatic rings. The molecule has 110 valence electrons. The number of thioether (sulfide) groups is 2. The molecule has 0 spiro atoms. The Kier molecular flexibility index (Phi) is 6.23. The lowest BCUT2D eigenvalue weighted by atomic mass is 10.3. The minimum absolute atomic E-state index is 0.194. The number of aromatic nitrogens is 1. The molecule has 0 radical (unpaired) electrons. The van der Waals surface area contributed by atoms with Crippen molar-refractivity contribution in [2.24, 2.45) is 0 Å². The Morgan fingerprint density at radius 3 is 2.57 bits per heavy atom. The zero-order valence-electron chi connectivity index (χ0n) is 10.8. The lowest BCUT2D eigenvalue weighted by molar-refractivity contribution is 0.0696. The van der Waals surface area contributed by atoms with Gasteiger partial charge < -0.3 is 5.11 Å². The molecule has 1 heterocycles. The van der Waals surface area contributed by atoms with Gasteiger partial charge in [0.15, 0.2) is 0 Å². The molecule has 1 aromatic heterocycles. The van der Waals surface area contributed by atoms with Gasteiger partial charge in [0.1, 0.15) is 0 Å². The van der Waals surface area contributed by atoms with Gasteiger partial charge in [0.2, 0.25) is 0 Å². The third-order valence-electron chi connectivity index (χ3n) is 2.47. The fraction of sp³-hybridized carbons (Fsp3) is 0.143. The molecule has 0 saturated carbocycles. The number of rotatable bonds is 6. The van der Waals surface area contributed by atoms with Gasteiger partial charge in [-0.3, -0.25) is 0 Å². The van der Waals surface area contributed by atoms with E-state index >= 15 is 0 Å². The molecule has 0 aliphatic carbocycles. The van der Waals surface area contributed by atoms with E-state index in [4.69, 9.17) is 28.3 Å². The average Bonchev–Trinajstić information content (AvgIpc) is 2.47. The van der Waals surface area contributed by atoms with Gasteiger partial charge >= 0.3 is 5.97 Å². The van der Waals surface area contributed by atoms with Crippen LogP contribution >= 0.6 is 46.7 Å². The summed E-state index contributed by atoms with van der Waals surface area (Å²) in [6, 6.07) is 8.66. The van der Waals surface area contributed by atoms with Crippen molar-refractivity contribution in [1.82, 2.24) is 4.98 Å². The van der Waals surface area contributed by atoms with Gasteiger partial charge in [0.05, 0.1) is 15.6 Å². The number of carbonyl (C=O) groups is 1. The number of aromatic carboxylic acids is 1. The molecule has 21 heavy (non-hydrogen) atoms. The number of benzene rings is 1. The topological polar surface area (TPSA) is 50.2 Å². The van der Waals surface area contributed by atoms with Crippen molar-refractivity contribution >= 4 is 52.7 Å². The quantitative estimate of drug-likeness (QED) is 0.582. The molecule has 0 fully saturated rings. The van der Waals surface area contributed by atoms with Gasteiger partial charge in [0, 0.05) is 27.6 Å². The fourth-order valence-electron chi connectivity index (χ4n) is 1.48. The first-order valence-electron chi connectivity index (χ1n) is 5.96. The fourth-order valence-corrected chi connectivity index (χ4v) is 3.80. The van der Waals surface area contributed by atoms with Crippen LogP contribution in [0.1, 0.15) is 10.4 Å². The highest BCUT2D eigenvalue weighted by atomic mass is 35.5. The summed E-state index contributed by atoms with van der Waals surface area (Å²) in [5.41, 5.74) is 0.194. The van der Waals surface area contributed by atoms with Crippen LogP contribution in [-0.2, 0) is 0 Å². The molecule has 0 atom stereocenters. The lowest BCUT2D eigenvalue weighted by Gasteiger charge is -2.05. The summed E-state index contributed by atoms with van der Waals surface area (Å²) in [6.45, 7) is 0. The highest BCUT2D eigenvalue weighted by Gasteiger charge is 2.05. The Balaban J connectivity index is 1.81. The minimum atomic E-state index is -0.967. The molecule has 0 bridgehead atoms. The van der Waals surface area contributed by atoms with Gasteiger partial charge in [-0.2, -0.15) is 0 Å². The number of hydrogen-bond acceptors (Lipinski definition) is 4. The van der Waals surface area contributed by atoms with Crippen molar-refractivity contribution in [3.05, 3.63) is 52.1 Å². The summed E-state index contributed by atoms with van der Waals surface area (Å²) >= 11 is 15.2. The number of pyridine rings is 1. The summed E-state index contributed by atoms with van der Waals surface area (Å²) in [4.78, 5) is 15.8. The van der Waals surface area contributed by atoms with Crippen LogP contribution < -0.4 is 0 Å². The first kappa shape index (κ1) is 16.5. The molecule has 0 unspecified atom stereocenters. The molecular weight excluding hydrogens is 349 g/mol. The Morgan fingerprint density at radius 1 is 1.14 bits per heavy atom. The van der Waals surface area contributed by atoms with Crippen LogP contribution in [0, 0.1) is 0 Å². The Bertz CT molecular complexity index is 635. The summed E-state index contributed by atoms with van der Waals surface area (Å²) in [6.07, 6.45) is 1.37. The van der Waals surface area contributed by atoms with Crippen molar-refractivity contribution in [2.75, 3.05) is 11.5 Å². The molecule has 0 amide bonds. The van der Waals surface area contributed by atoms with Crippen LogP contribution in [0.4, 0.5) is 0 Å². The van der Waals surface area contributed by atoms with Gasteiger partial charge in [-0.05, 0) is 30.3 Å². The maximum absolute atomic E-state index is 10.7. The maximum atomic E-state index is 10.7. The van der Waals surface area contributed by atoms with Gasteiger partial charge in [-0.15, -0.1) is 23.5 Å². The summed E-state index contributed by atoms with van der Waals surface area (Å²) in [5.74, 6) is 0.727. The van der Waals surface area contributed by atoms with Crippen molar-refractivity contribution in [3.8, 4) is 0 Å². The second-order valence-electron chi connectivity index (χ2n) is 3.96. The van der Waals surface area contributed by atoms with Crippen LogP contribution in [0.25, 0.3) is 0 Å². The second kappa shape index (κ2) is 7.94. The molecule has 2 aromatic rings. The van der Waals surface area contributed by atoms with Crippen LogP contribution in [0.15, 0.2) is 46.5 Å². The second-order valence-corrected chi connectivity index (χ2v) is 7.06. The van der Waals surface area contributed by atoms with Crippen molar-refractivity contribution < 1.29 is 9.90 Å². The van der Waals surface area contributed by atoms with Crippen LogP contribution in [0.2, 0.25) is 10.0 Å². The lowest BCUT2D eigenvalue weighted by Crippen LogP contribution is -1.97. The van der Waals surface area contributed by atoms with Gasteiger partial charge in [-0.1, -0.05) is 23.2 Å². The SMILES string of the molecule is O=C(O)c1ccc(SCCSc2cc(Cl)ccc2Cl)nc1. The van der Waals surface area contributed by atoms with E-state index in [1.807, 2.05) is 6.07 Å². The van der Waals surface area contributed by atoms with E-state index in [0.29, 0.717) is 10.0 Å². The first-order valence-corrected chi connectivity index (χ1v) is 8.69. The molecule has 0 aliphatic heterocycles. The average molecular weight is 360 g/mol. The zero-order valence-corrected chi connectivity index (χ0v) is 13.9. The Labute approximate surface area is 141 Å². The normalized spacial score (nSPS) is 10.6. The molecule has 7 heteroatoms. The van der Waals surface area contributed by atoms with Crippen molar-refractivity contribution in [1.29, 1.82) is 0 Å². The predicted octanol–water partition coefficient (Wildman–Crippen LogP) is 4.97. The number of halogens is 2. The van der Waals surface area contributed by atoms with Gasteiger partial charge in [-0.25, -0.2) is 9.78 Å². The van der Waals surface area contributed by atoms with Crippen LogP contribution in [0.5, 0.6) is 0 Å². The predicted molar refractivity (Wildman–Crippen MR) is 89.1 cm³/mol. The molecule has 3 nitrogen and oxygen atoms in total.